The quantitative estimate of drug-likeness (QED) is 0.843. The molecule has 3 atom stereocenters. The first-order valence-electron chi connectivity index (χ1n) is 7.21. The number of aliphatic carboxylic acids is 1. The van der Waals surface area contributed by atoms with Crippen LogP contribution in [0.15, 0.2) is 17.5 Å². The molecular formula is C15H22N2O3S. The van der Waals surface area contributed by atoms with Gasteiger partial charge in [0.05, 0.1) is 17.9 Å². The standard InChI is InChI=1S/C15H22N2O3S/c1-17(2)12(13-7-4-8-21-13)9-16-14(18)10-5-3-6-11(10)15(19)20/h4,7-8,10-12H,3,5-6,9H2,1-2H3,(H,16,18)(H,19,20)/t10-,11+,12?/m1/s1. The van der Waals surface area contributed by atoms with Crippen LogP contribution in [0.2, 0.25) is 0 Å². The minimum atomic E-state index is -0.852. The van der Waals surface area contributed by atoms with Gasteiger partial charge in [-0.2, -0.15) is 0 Å². The van der Waals surface area contributed by atoms with E-state index in [1.807, 2.05) is 25.5 Å². The van der Waals surface area contributed by atoms with E-state index in [-0.39, 0.29) is 17.9 Å². The van der Waals surface area contributed by atoms with Crippen LogP contribution in [0.4, 0.5) is 0 Å². The predicted octanol–water partition coefficient (Wildman–Crippen LogP) is 1.97. The Morgan fingerprint density at radius 3 is 2.71 bits per heavy atom. The summed E-state index contributed by atoms with van der Waals surface area (Å²) < 4.78 is 0. The van der Waals surface area contributed by atoms with E-state index in [0.29, 0.717) is 19.4 Å². The number of nitrogens with zero attached hydrogens (tertiary/aromatic N) is 1. The van der Waals surface area contributed by atoms with Crippen molar-refractivity contribution in [2.75, 3.05) is 20.6 Å². The van der Waals surface area contributed by atoms with E-state index in [2.05, 4.69) is 16.3 Å². The molecule has 0 radical (unpaired) electrons. The number of carboxylic acids is 1. The number of amides is 1. The van der Waals surface area contributed by atoms with Gasteiger partial charge in [-0.25, -0.2) is 0 Å². The Bertz CT molecular complexity index is 487. The van der Waals surface area contributed by atoms with Crippen molar-refractivity contribution < 1.29 is 14.7 Å². The summed E-state index contributed by atoms with van der Waals surface area (Å²) in [6.45, 7) is 0.509. The lowest BCUT2D eigenvalue weighted by atomic mass is 9.95. The van der Waals surface area contributed by atoms with E-state index in [9.17, 15) is 9.59 Å². The highest BCUT2D eigenvalue weighted by molar-refractivity contribution is 7.10. The van der Waals surface area contributed by atoms with Crippen molar-refractivity contribution in [3.05, 3.63) is 22.4 Å². The lowest BCUT2D eigenvalue weighted by Gasteiger charge is -2.25. The average Bonchev–Trinajstić information content (AvgIpc) is 3.09. The second-order valence-electron chi connectivity index (χ2n) is 5.72. The Balaban J connectivity index is 1.95. The number of thiophene rings is 1. The van der Waals surface area contributed by atoms with Gasteiger partial charge in [-0.15, -0.1) is 11.3 Å². The molecule has 1 amide bonds. The highest BCUT2D eigenvalue weighted by atomic mass is 32.1. The Kier molecular flexibility index (Phi) is 5.36. The van der Waals surface area contributed by atoms with Crippen molar-refractivity contribution in [1.29, 1.82) is 0 Å². The molecule has 0 saturated heterocycles. The fraction of sp³-hybridized carbons (Fsp3) is 0.600. The molecule has 6 heteroatoms. The molecule has 1 aromatic heterocycles. The van der Waals surface area contributed by atoms with Crippen LogP contribution in [-0.4, -0.2) is 42.5 Å². The minimum absolute atomic E-state index is 0.122. The molecule has 1 saturated carbocycles. The summed E-state index contributed by atoms with van der Waals surface area (Å²) in [5.74, 6) is -1.88. The molecule has 0 spiro atoms. The van der Waals surface area contributed by atoms with Crippen LogP contribution in [-0.2, 0) is 9.59 Å². The fourth-order valence-corrected chi connectivity index (χ4v) is 3.84. The van der Waals surface area contributed by atoms with Gasteiger partial charge in [-0.1, -0.05) is 12.5 Å². The lowest BCUT2D eigenvalue weighted by Crippen LogP contribution is -2.39. The second kappa shape index (κ2) is 7.04. The molecule has 0 bridgehead atoms. The first kappa shape index (κ1) is 16.0. The Morgan fingerprint density at radius 1 is 1.43 bits per heavy atom. The summed E-state index contributed by atoms with van der Waals surface area (Å²) in [6.07, 6.45) is 2.10. The molecule has 1 aromatic rings. The zero-order chi connectivity index (χ0) is 15.4. The van der Waals surface area contributed by atoms with Crippen molar-refractivity contribution in [3.8, 4) is 0 Å². The monoisotopic (exact) mass is 310 g/mol. The summed E-state index contributed by atoms with van der Waals surface area (Å²) >= 11 is 1.66. The van der Waals surface area contributed by atoms with Gasteiger partial charge >= 0.3 is 5.97 Å². The minimum Gasteiger partial charge on any atom is -0.481 e. The molecule has 0 aliphatic heterocycles. The number of rotatable bonds is 6. The highest BCUT2D eigenvalue weighted by Gasteiger charge is 2.37. The van der Waals surface area contributed by atoms with Gasteiger partial charge in [-0.3, -0.25) is 9.59 Å². The topological polar surface area (TPSA) is 69.6 Å². The van der Waals surface area contributed by atoms with E-state index in [0.717, 1.165) is 6.42 Å². The third-order valence-electron chi connectivity index (χ3n) is 4.13. The van der Waals surface area contributed by atoms with E-state index in [1.165, 1.54) is 4.88 Å². The number of carboxylic acid groups (broad SMARTS) is 1. The molecule has 116 valence electrons. The van der Waals surface area contributed by atoms with Crippen LogP contribution >= 0.6 is 11.3 Å². The first-order valence-corrected chi connectivity index (χ1v) is 8.09. The molecular weight excluding hydrogens is 288 g/mol. The fourth-order valence-electron chi connectivity index (χ4n) is 2.92. The van der Waals surface area contributed by atoms with Gasteiger partial charge < -0.3 is 15.3 Å². The van der Waals surface area contributed by atoms with Gasteiger partial charge in [0.25, 0.3) is 0 Å². The third kappa shape index (κ3) is 3.83. The number of nitrogens with one attached hydrogen (secondary N) is 1. The van der Waals surface area contributed by atoms with Crippen molar-refractivity contribution in [1.82, 2.24) is 10.2 Å². The molecule has 1 aliphatic rings. The number of carbonyl (C=O) groups excluding carboxylic acids is 1. The number of hydrogen-bond acceptors (Lipinski definition) is 4. The smallest absolute Gasteiger partial charge is 0.307 e. The average molecular weight is 310 g/mol. The molecule has 1 heterocycles. The van der Waals surface area contributed by atoms with Crippen LogP contribution in [0.25, 0.3) is 0 Å². The Labute approximate surface area is 129 Å². The molecule has 21 heavy (non-hydrogen) atoms. The van der Waals surface area contributed by atoms with E-state index >= 15 is 0 Å². The zero-order valence-corrected chi connectivity index (χ0v) is 13.2. The summed E-state index contributed by atoms with van der Waals surface area (Å²) in [6, 6.07) is 4.17. The van der Waals surface area contributed by atoms with Crippen LogP contribution < -0.4 is 5.32 Å². The summed E-state index contributed by atoms with van der Waals surface area (Å²) in [5.41, 5.74) is 0. The van der Waals surface area contributed by atoms with E-state index < -0.39 is 11.9 Å². The molecule has 5 nitrogen and oxygen atoms in total. The van der Waals surface area contributed by atoms with Crippen molar-refractivity contribution in [3.63, 3.8) is 0 Å². The maximum absolute atomic E-state index is 12.3. The number of likely N-dealkylation sites (N-methyl/N-ethyl adjacent to an activating group) is 1. The van der Waals surface area contributed by atoms with Crippen LogP contribution in [0.5, 0.6) is 0 Å². The van der Waals surface area contributed by atoms with Crippen LogP contribution in [0.3, 0.4) is 0 Å². The molecule has 1 aliphatic carbocycles. The predicted molar refractivity (Wildman–Crippen MR) is 82.2 cm³/mol. The molecule has 2 rings (SSSR count). The highest BCUT2D eigenvalue weighted by Crippen LogP contribution is 2.32. The molecule has 1 unspecified atom stereocenters. The number of hydrogen-bond donors (Lipinski definition) is 2. The zero-order valence-electron chi connectivity index (χ0n) is 12.4. The van der Waals surface area contributed by atoms with Crippen molar-refractivity contribution in [2.24, 2.45) is 11.8 Å². The summed E-state index contributed by atoms with van der Waals surface area (Å²) in [5, 5.41) is 14.1. The summed E-state index contributed by atoms with van der Waals surface area (Å²) in [4.78, 5) is 26.7. The summed E-state index contributed by atoms with van der Waals surface area (Å²) in [7, 11) is 3.96. The van der Waals surface area contributed by atoms with Gasteiger partial charge in [0.2, 0.25) is 5.91 Å². The largest absolute Gasteiger partial charge is 0.481 e. The lowest BCUT2D eigenvalue weighted by molar-refractivity contribution is -0.146. The van der Waals surface area contributed by atoms with Crippen LogP contribution in [0.1, 0.15) is 30.2 Å². The van der Waals surface area contributed by atoms with E-state index in [1.54, 1.807) is 11.3 Å². The van der Waals surface area contributed by atoms with Crippen molar-refractivity contribution >= 4 is 23.2 Å². The Morgan fingerprint density at radius 2 is 2.14 bits per heavy atom. The molecule has 1 fully saturated rings. The maximum Gasteiger partial charge on any atom is 0.307 e. The van der Waals surface area contributed by atoms with Gasteiger partial charge in [-0.05, 0) is 38.4 Å². The van der Waals surface area contributed by atoms with Crippen LogP contribution in [0, 0.1) is 11.8 Å². The number of carbonyl (C=O) groups is 2. The maximum atomic E-state index is 12.3. The van der Waals surface area contributed by atoms with Crippen molar-refractivity contribution in [2.45, 2.75) is 25.3 Å². The van der Waals surface area contributed by atoms with E-state index in [4.69, 9.17) is 5.11 Å². The normalized spacial score (nSPS) is 23.2. The first-order chi connectivity index (χ1) is 10.0. The SMILES string of the molecule is CN(C)C(CNC(=O)[C@@H]1CCC[C@@H]1C(=O)O)c1cccs1. The van der Waals surface area contributed by atoms with Gasteiger partial charge in [0, 0.05) is 11.4 Å². The third-order valence-corrected chi connectivity index (χ3v) is 5.11. The Hall–Kier alpha value is -1.40. The molecule has 2 N–H and O–H groups in total. The van der Waals surface area contributed by atoms with Gasteiger partial charge in [0.15, 0.2) is 0 Å². The molecule has 0 aromatic carbocycles. The van der Waals surface area contributed by atoms with Gasteiger partial charge in [0.1, 0.15) is 0 Å². The second-order valence-corrected chi connectivity index (χ2v) is 6.70.